The molecule has 0 saturated carbocycles. The number of hydrogen-bond donors (Lipinski definition) is 2. The second kappa shape index (κ2) is 7.29. The lowest BCUT2D eigenvalue weighted by Crippen LogP contribution is -2.37. The predicted molar refractivity (Wildman–Crippen MR) is 80.7 cm³/mol. The van der Waals surface area contributed by atoms with E-state index in [0.29, 0.717) is 12.0 Å². The van der Waals surface area contributed by atoms with Crippen LogP contribution in [0.4, 0.5) is 8.78 Å². The molecule has 0 amide bonds. The topological polar surface area (TPSA) is 38.0 Å². The van der Waals surface area contributed by atoms with Gasteiger partial charge in [-0.3, -0.25) is 11.3 Å². The Balaban J connectivity index is 2.00. The van der Waals surface area contributed by atoms with Crippen LogP contribution < -0.4 is 11.3 Å². The van der Waals surface area contributed by atoms with Crippen LogP contribution >= 0.6 is 0 Å². The first-order chi connectivity index (χ1) is 10.1. The second-order valence-electron chi connectivity index (χ2n) is 5.27. The molecule has 0 heterocycles. The first kappa shape index (κ1) is 15.6. The molecule has 0 bridgehead atoms. The van der Waals surface area contributed by atoms with Crippen molar-refractivity contribution in [2.45, 2.75) is 32.2 Å². The van der Waals surface area contributed by atoms with Gasteiger partial charge in [0.05, 0.1) is 0 Å². The summed E-state index contributed by atoms with van der Waals surface area (Å²) in [4.78, 5) is 0. The Morgan fingerprint density at radius 2 is 1.86 bits per heavy atom. The van der Waals surface area contributed by atoms with E-state index in [1.54, 1.807) is 0 Å². The standard InChI is InChI=1S/C17H20F2N2/c1-12-4-2-3-5-13(12)6-8-16(21-20)11-14-10-15(18)7-9-17(14)19/h2-5,7,9-10,16,21H,6,8,11,20H2,1H3. The first-order valence-corrected chi connectivity index (χ1v) is 7.04. The van der Waals surface area contributed by atoms with Crippen molar-refractivity contribution in [2.75, 3.05) is 0 Å². The summed E-state index contributed by atoms with van der Waals surface area (Å²) in [5, 5.41) is 0. The van der Waals surface area contributed by atoms with Crippen molar-refractivity contribution in [2.24, 2.45) is 5.84 Å². The zero-order valence-corrected chi connectivity index (χ0v) is 12.1. The van der Waals surface area contributed by atoms with Crippen LogP contribution in [0.25, 0.3) is 0 Å². The molecule has 3 N–H and O–H groups in total. The maximum absolute atomic E-state index is 13.7. The lowest BCUT2D eigenvalue weighted by atomic mass is 9.97. The fraction of sp³-hybridized carbons (Fsp3) is 0.294. The molecule has 2 aromatic rings. The number of hydrogen-bond acceptors (Lipinski definition) is 2. The molecule has 4 heteroatoms. The molecule has 0 saturated heterocycles. The number of hydrazine groups is 1. The minimum Gasteiger partial charge on any atom is -0.271 e. The fourth-order valence-corrected chi connectivity index (χ4v) is 2.43. The van der Waals surface area contributed by atoms with E-state index in [0.717, 1.165) is 25.0 Å². The Labute approximate surface area is 124 Å². The Kier molecular flexibility index (Phi) is 5.42. The monoisotopic (exact) mass is 290 g/mol. The Morgan fingerprint density at radius 1 is 1.10 bits per heavy atom. The Hall–Kier alpha value is -1.78. The normalized spacial score (nSPS) is 12.4. The third kappa shape index (κ3) is 4.34. The summed E-state index contributed by atoms with van der Waals surface area (Å²) in [6.07, 6.45) is 1.97. The number of nitrogens with one attached hydrogen (secondary N) is 1. The molecule has 2 rings (SSSR count). The van der Waals surface area contributed by atoms with Gasteiger partial charge in [0.25, 0.3) is 0 Å². The highest BCUT2D eigenvalue weighted by Gasteiger charge is 2.12. The summed E-state index contributed by atoms with van der Waals surface area (Å²) in [7, 11) is 0. The van der Waals surface area contributed by atoms with Crippen molar-refractivity contribution in [3.8, 4) is 0 Å². The van der Waals surface area contributed by atoms with E-state index in [9.17, 15) is 8.78 Å². The average molecular weight is 290 g/mol. The van der Waals surface area contributed by atoms with E-state index in [4.69, 9.17) is 5.84 Å². The molecule has 112 valence electrons. The van der Waals surface area contributed by atoms with Crippen molar-refractivity contribution >= 4 is 0 Å². The summed E-state index contributed by atoms with van der Waals surface area (Å²) >= 11 is 0. The van der Waals surface area contributed by atoms with E-state index < -0.39 is 11.6 Å². The van der Waals surface area contributed by atoms with Gasteiger partial charge in [-0.15, -0.1) is 0 Å². The highest BCUT2D eigenvalue weighted by molar-refractivity contribution is 5.26. The second-order valence-corrected chi connectivity index (χ2v) is 5.27. The predicted octanol–water partition coefficient (Wildman–Crippen LogP) is 3.28. The molecule has 0 spiro atoms. The number of aryl methyl sites for hydroxylation is 2. The number of rotatable bonds is 6. The van der Waals surface area contributed by atoms with E-state index in [-0.39, 0.29) is 6.04 Å². The summed E-state index contributed by atoms with van der Waals surface area (Å²) in [6, 6.07) is 11.5. The van der Waals surface area contributed by atoms with Crippen LogP contribution in [0.15, 0.2) is 42.5 Å². The maximum Gasteiger partial charge on any atom is 0.126 e. The van der Waals surface area contributed by atoms with E-state index in [1.807, 2.05) is 12.1 Å². The van der Waals surface area contributed by atoms with Gasteiger partial charge >= 0.3 is 0 Å². The highest BCUT2D eigenvalue weighted by atomic mass is 19.1. The minimum atomic E-state index is -0.430. The van der Waals surface area contributed by atoms with Gasteiger partial charge in [-0.1, -0.05) is 24.3 Å². The minimum absolute atomic E-state index is 0.0964. The van der Waals surface area contributed by atoms with Crippen LogP contribution in [-0.4, -0.2) is 6.04 Å². The fourth-order valence-electron chi connectivity index (χ4n) is 2.43. The van der Waals surface area contributed by atoms with E-state index in [1.165, 1.54) is 17.2 Å². The van der Waals surface area contributed by atoms with Gasteiger partial charge in [0.15, 0.2) is 0 Å². The van der Waals surface area contributed by atoms with Crippen LogP contribution in [0.5, 0.6) is 0 Å². The SMILES string of the molecule is Cc1ccccc1CCC(Cc1cc(F)ccc1F)NN. The summed E-state index contributed by atoms with van der Waals surface area (Å²) in [6.45, 7) is 2.06. The molecule has 0 aliphatic heterocycles. The van der Waals surface area contributed by atoms with Gasteiger partial charge in [-0.25, -0.2) is 8.78 Å². The van der Waals surface area contributed by atoms with Crippen LogP contribution in [-0.2, 0) is 12.8 Å². The Morgan fingerprint density at radius 3 is 2.57 bits per heavy atom. The number of benzene rings is 2. The van der Waals surface area contributed by atoms with Gasteiger partial charge < -0.3 is 0 Å². The lowest BCUT2D eigenvalue weighted by molar-refractivity contribution is 0.477. The van der Waals surface area contributed by atoms with Crippen molar-refractivity contribution in [3.63, 3.8) is 0 Å². The van der Waals surface area contributed by atoms with Crippen LogP contribution in [0.3, 0.4) is 0 Å². The molecule has 0 aromatic heterocycles. The van der Waals surface area contributed by atoms with Gasteiger partial charge in [0.2, 0.25) is 0 Å². The zero-order chi connectivity index (χ0) is 15.2. The number of halogens is 2. The maximum atomic E-state index is 13.7. The van der Waals surface area contributed by atoms with Gasteiger partial charge in [-0.05, 0) is 61.1 Å². The van der Waals surface area contributed by atoms with Crippen molar-refractivity contribution in [3.05, 3.63) is 70.8 Å². The molecular formula is C17H20F2N2. The highest BCUT2D eigenvalue weighted by Crippen LogP contribution is 2.15. The van der Waals surface area contributed by atoms with Crippen LogP contribution in [0.1, 0.15) is 23.1 Å². The van der Waals surface area contributed by atoms with Gasteiger partial charge in [-0.2, -0.15) is 0 Å². The molecule has 21 heavy (non-hydrogen) atoms. The molecule has 0 radical (unpaired) electrons. The molecule has 0 aliphatic carbocycles. The molecule has 0 aliphatic rings. The third-order valence-corrected chi connectivity index (χ3v) is 3.73. The van der Waals surface area contributed by atoms with Gasteiger partial charge in [0.1, 0.15) is 11.6 Å². The quantitative estimate of drug-likeness (QED) is 0.633. The van der Waals surface area contributed by atoms with Crippen molar-refractivity contribution < 1.29 is 8.78 Å². The summed E-state index contributed by atoms with van der Waals surface area (Å²) < 4.78 is 26.8. The van der Waals surface area contributed by atoms with Crippen molar-refractivity contribution in [1.29, 1.82) is 0 Å². The zero-order valence-electron chi connectivity index (χ0n) is 12.1. The van der Waals surface area contributed by atoms with Crippen LogP contribution in [0.2, 0.25) is 0 Å². The molecule has 1 atom stereocenters. The molecule has 2 nitrogen and oxygen atoms in total. The summed E-state index contributed by atoms with van der Waals surface area (Å²) in [5.74, 6) is 4.72. The van der Waals surface area contributed by atoms with E-state index >= 15 is 0 Å². The van der Waals surface area contributed by atoms with E-state index in [2.05, 4.69) is 24.5 Å². The van der Waals surface area contributed by atoms with Crippen LogP contribution in [0, 0.1) is 18.6 Å². The molecule has 1 unspecified atom stereocenters. The molecular weight excluding hydrogens is 270 g/mol. The van der Waals surface area contributed by atoms with Crippen molar-refractivity contribution in [1.82, 2.24) is 5.43 Å². The largest absolute Gasteiger partial charge is 0.271 e. The average Bonchev–Trinajstić information content (AvgIpc) is 2.48. The van der Waals surface area contributed by atoms with Gasteiger partial charge in [0, 0.05) is 6.04 Å². The molecule has 0 fully saturated rings. The first-order valence-electron chi connectivity index (χ1n) is 7.04. The molecule has 2 aromatic carbocycles. The summed E-state index contributed by atoms with van der Waals surface area (Å²) in [5.41, 5.74) is 5.52. The Bertz CT molecular complexity index is 599. The smallest absolute Gasteiger partial charge is 0.126 e. The third-order valence-electron chi connectivity index (χ3n) is 3.73. The number of nitrogens with two attached hydrogens (primary N) is 1. The lowest BCUT2D eigenvalue weighted by Gasteiger charge is -2.17.